The Labute approximate surface area is 154 Å². The predicted molar refractivity (Wildman–Crippen MR) is 103 cm³/mol. The summed E-state index contributed by atoms with van der Waals surface area (Å²) in [5, 5.41) is 3.01. The van der Waals surface area contributed by atoms with E-state index in [-0.39, 0.29) is 18.2 Å². The molecule has 5 nitrogen and oxygen atoms in total. The van der Waals surface area contributed by atoms with Crippen LogP contribution in [-0.2, 0) is 16.0 Å². The monoisotopic (exact) mass is 352 g/mol. The zero-order chi connectivity index (χ0) is 18.7. The third kappa shape index (κ3) is 3.57. The van der Waals surface area contributed by atoms with Crippen LogP contribution in [0.2, 0.25) is 0 Å². The number of ether oxygens (including phenoxy) is 1. The Kier molecular flexibility index (Phi) is 5.26. The number of aryl methyl sites for hydroxylation is 2. The fourth-order valence-corrected chi connectivity index (χ4v) is 3.21. The molecule has 1 N–H and O–H groups in total. The highest BCUT2D eigenvalue weighted by Crippen LogP contribution is 2.33. The number of hydrogen-bond acceptors (Lipinski definition) is 3. The van der Waals surface area contributed by atoms with E-state index < -0.39 is 6.10 Å². The van der Waals surface area contributed by atoms with Crippen molar-refractivity contribution < 1.29 is 14.3 Å². The molecule has 136 valence electrons. The third-order valence-corrected chi connectivity index (χ3v) is 4.64. The van der Waals surface area contributed by atoms with Gasteiger partial charge in [-0.1, -0.05) is 37.3 Å². The van der Waals surface area contributed by atoms with Crippen LogP contribution < -0.4 is 15.0 Å². The first kappa shape index (κ1) is 18.0. The van der Waals surface area contributed by atoms with E-state index in [0.717, 1.165) is 23.2 Å². The van der Waals surface area contributed by atoms with Crippen molar-refractivity contribution in [1.82, 2.24) is 0 Å². The topological polar surface area (TPSA) is 58.6 Å². The highest BCUT2D eigenvalue weighted by atomic mass is 16.5. The highest BCUT2D eigenvalue weighted by Gasteiger charge is 2.31. The molecule has 0 saturated heterocycles. The Bertz CT molecular complexity index is 832. The standard InChI is InChI=1S/C21H24N2O3/c1-4-16-9-7-8-14(2)20(16)22-19(24)12-13-23-17-10-5-6-11-18(17)26-15(3)21(23)25/h5-11,15H,4,12-13H2,1-3H3,(H,22,24). The quantitative estimate of drug-likeness (QED) is 0.893. The minimum Gasteiger partial charge on any atom is -0.479 e. The summed E-state index contributed by atoms with van der Waals surface area (Å²) < 4.78 is 5.63. The first-order chi connectivity index (χ1) is 12.5. The molecule has 1 heterocycles. The summed E-state index contributed by atoms with van der Waals surface area (Å²) in [6.45, 7) is 6.10. The van der Waals surface area contributed by atoms with Crippen molar-refractivity contribution in [3.8, 4) is 5.75 Å². The van der Waals surface area contributed by atoms with Crippen molar-refractivity contribution in [2.75, 3.05) is 16.8 Å². The van der Waals surface area contributed by atoms with Crippen LogP contribution in [-0.4, -0.2) is 24.5 Å². The number of nitrogens with zero attached hydrogens (tertiary/aromatic N) is 1. The summed E-state index contributed by atoms with van der Waals surface area (Å²) in [7, 11) is 0. The first-order valence-corrected chi connectivity index (χ1v) is 8.96. The summed E-state index contributed by atoms with van der Waals surface area (Å²) in [4.78, 5) is 26.6. The maximum atomic E-state index is 12.5. The van der Waals surface area contributed by atoms with E-state index in [4.69, 9.17) is 4.74 Å². The zero-order valence-corrected chi connectivity index (χ0v) is 15.4. The second-order valence-corrected chi connectivity index (χ2v) is 6.48. The van der Waals surface area contributed by atoms with E-state index in [1.807, 2.05) is 49.4 Å². The second-order valence-electron chi connectivity index (χ2n) is 6.48. The van der Waals surface area contributed by atoms with Crippen LogP contribution in [0.25, 0.3) is 0 Å². The summed E-state index contributed by atoms with van der Waals surface area (Å²) in [5.41, 5.74) is 3.74. The van der Waals surface area contributed by atoms with Crippen LogP contribution in [0.3, 0.4) is 0 Å². The summed E-state index contributed by atoms with van der Waals surface area (Å²) in [5.74, 6) is 0.451. The molecule has 2 amide bonds. The molecule has 0 radical (unpaired) electrons. The van der Waals surface area contributed by atoms with Crippen LogP contribution in [0.5, 0.6) is 5.75 Å². The number of carbonyl (C=O) groups is 2. The first-order valence-electron chi connectivity index (χ1n) is 8.96. The van der Waals surface area contributed by atoms with E-state index in [1.165, 1.54) is 0 Å². The largest absolute Gasteiger partial charge is 0.479 e. The molecule has 0 aromatic heterocycles. The van der Waals surface area contributed by atoms with E-state index in [9.17, 15) is 9.59 Å². The highest BCUT2D eigenvalue weighted by molar-refractivity contribution is 6.01. The molecule has 1 unspecified atom stereocenters. The Hall–Kier alpha value is -2.82. The van der Waals surface area contributed by atoms with Gasteiger partial charge in [0.25, 0.3) is 5.91 Å². The van der Waals surface area contributed by atoms with Gasteiger partial charge in [0.05, 0.1) is 5.69 Å². The van der Waals surface area contributed by atoms with Gasteiger partial charge in [-0.2, -0.15) is 0 Å². The van der Waals surface area contributed by atoms with Crippen molar-refractivity contribution in [2.45, 2.75) is 39.7 Å². The van der Waals surface area contributed by atoms with Crippen molar-refractivity contribution in [3.63, 3.8) is 0 Å². The van der Waals surface area contributed by atoms with Crippen molar-refractivity contribution >= 4 is 23.2 Å². The van der Waals surface area contributed by atoms with Gasteiger partial charge in [-0.25, -0.2) is 0 Å². The van der Waals surface area contributed by atoms with Gasteiger partial charge < -0.3 is 15.0 Å². The molecule has 26 heavy (non-hydrogen) atoms. The van der Waals surface area contributed by atoms with Gasteiger partial charge in [0, 0.05) is 18.7 Å². The smallest absolute Gasteiger partial charge is 0.267 e. The minimum atomic E-state index is -0.545. The van der Waals surface area contributed by atoms with E-state index in [2.05, 4.69) is 12.2 Å². The summed E-state index contributed by atoms with van der Waals surface area (Å²) >= 11 is 0. The number of benzene rings is 2. The van der Waals surface area contributed by atoms with Crippen molar-refractivity contribution in [1.29, 1.82) is 0 Å². The summed E-state index contributed by atoms with van der Waals surface area (Å²) in [6.07, 6.45) is 0.532. The minimum absolute atomic E-state index is 0.0987. The molecule has 3 rings (SSSR count). The number of para-hydroxylation sites is 3. The average Bonchev–Trinajstić information content (AvgIpc) is 2.63. The molecule has 1 aliphatic rings. The Morgan fingerprint density at radius 2 is 1.96 bits per heavy atom. The Balaban J connectivity index is 1.71. The lowest BCUT2D eigenvalue weighted by Crippen LogP contribution is -2.45. The number of carbonyl (C=O) groups excluding carboxylic acids is 2. The third-order valence-electron chi connectivity index (χ3n) is 4.64. The van der Waals surface area contributed by atoms with Crippen molar-refractivity contribution in [2.24, 2.45) is 0 Å². The zero-order valence-electron chi connectivity index (χ0n) is 15.4. The van der Waals surface area contributed by atoms with Gasteiger partial charge in [0.1, 0.15) is 5.75 Å². The van der Waals surface area contributed by atoms with Gasteiger partial charge in [-0.05, 0) is 43.5 Å². The lowest BCUT2D eigenvalue weighted by atomic mass is 10.1. The SMILES string of the molecule is CCc1cccc(C)c1NC(=O)CCN1C(=O)C(C)Oc2ccccc21. The number of hydrogen-bond donors (Lipinski definition) is 1. The molecular weight excluding hydrogens is 328 g/mol. The molecule has 5 heteroatoms. The number of amides is 2. The summed E-state index contributed by atoms with van der Waals surface area (Å²) in [6, 6.07) is 13.4. The number of rotatable bonds is 5. The van der Waals surface area contributed by atoms with Gasteiger partial charge in [0.15, 0.2) is 6.10 Å². The predicted octanol–water partition coefficient (Wildman–Crippen LogP) is 3.70. The molecule has 1 atom stereocenters. The lowest BCUT2D eigenvalue weighted by Gasteiger charge is -2.32. The van der Waals surface area contributed by atoms with Crippen LogP contribution in [0.4, 0.5) is 11.4 Å². The number of nitrogens with one attached hydrogen (secondary N) is 1. The fourth-order valence-electron chi connectivity index (χ4n) is 3.21. The average molecular weight is 352 g/mol. The van der Waals surface area contributed by atoms with Gasteiger partial charge in [-0.15, -0.1) is 0 Å². The van der Waals surface area contributed by atoms with Crippen LogP contribution in [0, 0.1) is 6.92 Å². The Morgan fingerprint density at radius 1 is 1.19 bits per heavy atom. The van der Waals surface area contributed by atoms with Crippen LogP contribution in [0.15, 0.2) is 42.5 Å². The molecule has 0 saturated carbocycles. The molecule has 1 aliphatic heterocycles. The van der Waals surface area contributed by atoms with E-state index in [0.29, 0.717) is 18.0 Å². The normalized spacial score (nSPS) is 16.0. The molecule has 0 fully saturated rings. The maximum absolute atomic E-state index is 12.5. The molecular formula is C21H24N2O3. The maximum Gasteiger partial charge on any atom is 0.267 e. The van der Waals surface area contributed by atoms with Crippen LogP contribution >= 0.6 is 0 Å². The van der Waals surface area contributed by atoms with Gasteiger partial charge in [0.2, 0.25) is 5.91 Å². The molecule has 0 aliphatic carbocycles. The van der Waals surface area contributed by atoms with Gasteiger partial charge >= 0.3 is 0 Å². The van der Waals surface area contributed by atoms with Crippen molar-refractivity contribution in [3.05, 3.63) is 53.6 Å². The second kappa shape index (κ2) is 7.60. The molecule has 0 spiro atoms. The molecule has 0 bridgehead atoms. The number of fused-ring (bicyclic) bond motifs is 1. The Morgan fingerprint density at radius 3 is 2.73 bits per heavy atom. The lowest BCUT2D eigenvalue weighted by molar-refractivity contribution is -0.125. The fraction of sp³-hybridized carbons (Fsp3) is 0.333. The van der Waals surface area contributed by atoms with Crippen LogP contribution in [0.1, 0.15) is 31.4 Å². The molecule has 2 aromatic carbocycles. The van der Waals surface area contributed by atoms with E-state index >= 15 is 0 Å². The molecule has 2 aromatic rings. The van der Waals surface area contributed by atoms with Gasteiger partial charge in [-0.3, -0.25) is 9.59 Å². The number of anilines is 2. The van der Waals surface area contributed by atoms with E-state index in [1.54, 1.807) is 11.8 Å².